The third-order valence-electron chi connectivity index (χ3n) is 8.66. The second-order valence-electron chi connectivity index (χ2n) is 12.0. The van der Waals surface area contributed by atoms with Crippen molar-refractivity contribution < 1.29 is 39.8 Å². The molecule has 0 bridgehead atoms. The van der Waals surface area contributed by atoms with Crippen LogP contribution >= 0.6 is 0 Å². The van der Waals surface area contributed by atoms with E-state index in [4.69, 9.17) is 9.47 Å². The summed E-state index contributed by atoms with van der Waals surface area (Å²) in [5, 5.41) is 54.8. The summed E-state index contributed by atoms with van der Waals surface area (Å²) >= 11 is 0. The highest BCUT2D eigenvalue weighted by Gasteiger charge is 2.50. The summed E-state index contributed by atoms with van der Waals surface area (Å²) in [6.07, 6.45) is 4.67. The lowest BCUT2D eigenvalue weighted by molar-refractivity contribution is -0.303. The molecule has 9 atom stereocenters. The van der Waals surface area contributed by atoms with E-state index in [1.54, 1.807) is 6.92 Å². The Morgan fingerprint density at radius 2 is 1.80 bits per heavy atom. The molecule has 1 saturated carbocycles. The molecule has 0 aromatic heterocycles. The van der Waals surface area contributed by atoms with Crippen molar-refractivity contribution in [1.82, 2.24) is 5.32 Å². The lowest BCUT2D eigenvalue weighted by Crippen LogP contribution is -2.57. The van der Waals surface area contributed by atoms with Crippen molar-refractivity contribution in [2.75, 3.05) is 13.2 Å². The fourth-order valence-corrected chi connectivity index (χ4v) is 6.45. The van der Waals surface area contributed by atoms with Crippen molar-refractivity contribution in [3.05, 3.63) is 42.3 Å². The van der Waals surface area contributed by atoms with Crippen LogP contribution in [0.3, 0.4) is 0 Å². The number of hydrogen-bond donors (Lipinski definition) is 6. The van der Waals surface area contributed by atoms with Crippen LogP contribution in [0.25, 0.3) is 0 Å². The zero-order valence-electron chi connectivity index (χ0n) is 24.7. The summed E-state index contributed by atoms with van der Waals surface area (Å²) in [5.41, 5.74) is 1.19. The van der Waals surface area contributed by atoms with Crippen LogP contribution in [0.5, 0.6) is 0 Å². The van der Waals surface area contributed by atoms with E-state index in [1.807, 2.05) is 25.1 Å². The Morgan fingerprint density at radius 1 is 1.07 bits per heavy atom. The van der Waals surface area contributed by atoms with E-state index >= 15 is 0 Å². The topological polar surface area (TPSA) is 149 Å². The number of carbonyl (C=O) groups excluding carboxylic acids is 1. The standard InChI is InChI=1S/C32H52NO8/c1-3-33-30(38)14-10-5-4-9-13-25-24(18-17-23(35)16-15-22-11-7-6-8-12-22)26(36)19-28(25)40-32(2)20-27(37)31(39)29(21-34)41-32/h6-8,11-12,20,23-29,31,34-37,39H,3-5,9-10,13-19,21H2,1-2H3,(H,33,38)/t23-,24+,25+,26+,27+,28-,29?,31-,32-/m0/s1. The zero-order chi connectivity index (χ0) is 29.8. The number of carbonyl (C=O) groups is 1. The van der Waals surface area contributed by atoms with Gasteiger partial charge in [-0.2, -0.15) is 0 Å². The average molecular weight is 579 g/mol. The molecule has 9 nitrogen and oxygen atoms in total. The molecule has 1 heterocycles. The zero-order valence-corrected chi connectivity index (χ0v) is 24.7. The summed E-state index contributed by atoms with van der Waals surface area (Å²) in [6, 6.07) is 10.1. The molecule has 3 rings (SSSR count). The van der Waals surface area contributed by atoms with Gasteiger partial charge in [0.05, 0.1) is 37.4 Å². The smallest absolute Gasteiger partial charge is 0.219 e. The molecule has 9 heteroatoms. The minimum atomic E-state index is -1.33. The highest BCUT2D eigenvalue weighted by molar-refractivity contribution is 5.75. The number of nitrogens with one attached hydrogen (secondary N) is 1. The van der Waals surface area contributed by atoms with Crippen LogP contribution in [0.4, 0.5) is 0 Å². The van der Waals surface area contributed by atoms with Crippen LogP contribution in [0, 0.1) is 18.3 Å². The third kappa shape index (κ3) is 10.6. The number of aliphatic hydroxyl groups is 5. The van der Waals surface area contributed by atoms with Crippen LogP contribution in [-0.2, 0) is 20.7 Å². The summed E-state index contributed by atoms with van der Waals surface area (Å²) in [6.45, 7) is 3.76. The molecule has 41 heavy (non-hydrogen) atoms. The molecule has 1 aliphatic heterocycles. The van der Waals surface area contributed by atoms with E-state index in [-0.39, 0.29) is 23.8 Å². The first kappa shape index (κ1) is 33.9. The van der Waals surface area contributed by atoms with Gasteiger partial charge in [0, 0.05) is 19.4 Å². The Hall–Kier alpha value is -1.59. The van der Waals surface area contributed by atoms with E-state index in [0.717, 1.165) is 38.5 Å². The van der Waals surface area contributed by atoms with Gasteiger partial charge in [-0.3, -0.25) is 4.79 Å². The van der Waals surface area contributed by atoms with Crippen LogP contribution in [-0.4, -0.2) is 87.0 Å². The second-order valence-corrected chi connectivity index (χ2v) is 12.0. The molecule has 6 N–H and O–H groups in total. The van der Waals surface area contributed by atoms with Gasteiger partial charge in [-0.05, 0) is 69.8 Å². The average Bonchev–Trinajstić information content (AvgIpc) is 3.23. The summed E-state index contributed by atoms with van der Waals surface area (Å²) < 4.78 is 12.3. The lowest BCUT2D eigenvalue weighted by Gasteiger charge is -2.44. The van der Waals surface area contributed by atoms with Gasteiger partial charge in [0.15, 0.2) is 5.79 Å². The highest BCUT2D eigenvalue weighted by Crippen LogP contribution is 2.44. The van der Waals surface area contributed by atoms with Crippen LogP contribution < -0.4 is 5.32 Å². The van der Waals surface area contributed by atoms with Gasteiger partial charge in [0.25, 0.3) is 0 Å². The van der Waals surface area contributed by atoms with Gasteiger partial charge in [-0.1, -0.05) is 49.6 Å². The normalized spacial score (nSPS) is 32.6. The summed E-state index contributed by atoms with van der Waals surface area (Å²) in [5.74, 6) is -1.29. The number of aliphatic hydroxyl groups excluding tert-OH is 5. The first-order chi connectivity index (χ1) is 19.7. The van der Waals surface area contributed by atoms with Crippen molar-refractivity contribution in [1.29, 1.82) is 0 Å². The van der Waals surface area contributed by atoms with Crippen LogP contribution in [0.2, 0.25) is 0 Å². The largest absolute Gasteiger partial charge is 0.394 e. The summed E-state index contributed by atoms with van der Waals surface area (Å²) in [7, 11) is 0. The van der Waals surface area contributed by atoms with E-state index < -0.39 is 42.9 Å². The molecule has 1 aliphatic carbocycles. The number of aryl methyl sites for hydroxylation is 1. The van der Waals surface area contributed by atoms with Gasteiger partial charge >= 0.3 is 0 Å². The van der Waals surface area contributed by atoms with Gasteiger partial charge in [0.1, 0.15) is 12.2 Å². The molecule has 2 aliphatic rings. The monoisotopic (exact) mass is 578 g/mol. The Balaban J connectivity index is 1.59. The van der Waals surface area contributed by atoms with Crippen LogP contribution in [0.1, 0.15) is 83.6 Å². The molecule has 233 valence electrons. The molecule has 1 amide bonds. The minimum Gasteiger partial charge on any atom is -0.394 e. The Morgan fingerprint density at radius 3 is 2.51 bits per heavy atom. The SMILES string of the molecule is CCNC(=O)CCCCCC[C@@H]1[C@@H](CC[C@@H](O)CCc2ccccc2)[C@H](O)C[C@@H]1O[C@]1(C)[CH][C@@H](O)[C@H](O)C(CO)O1. The number of benzene rings is 1. The molecule has 2 fully saturated rings. The van der Waals surface area contributed by atoms with E-state index in [1.165, 1.54) is 12.0 Å². The Labute approximate surface area is 245 Å². The Bertz CT molecular complexity index is 888. The quantitative estimate of drug-likeness (QED) is 0.155. The predicted octanol–water partition coefficient (Wildman–Crippen LogP) is 2.65. The maximum absolute atomic E-state index is 11.7. The maximum Gasteiger partial charge on any atom is 0.219 e. The van der Waals surface area contributed by atoms with Crippen molar-refractivity contribution in [2.24, 2.45) is 11.8 Å². The predicted molar refractivity (Wildman–Crippen MR) is 156 cm³/mol. The van der Waals surface area contributed by atoms with E-state index in [9.17, 15) is 30.3 Å². The van der Waals surface area contributed by atoms with Crippen LogP contribution in [0.15, 0.2) is 30.3 Å². The fraction of sp³-hybridized carbons (Fsp3) is 0.750. The number of hydrogen-bond acceptors (Lipinski definition) is 8. The molecular weight excluding hydrogens is 526 g/mol. The Kier molecular flexibility index (Phi) is 14.0. The lowest BCUT2D eigenvalue weighted by atomic mass is 9.84. The number of amides is 1. The van der Waals surface area contributed by atoms with Gasteiger partial charge in [0.2, 0.25) is 5.91 Å². The molecule has 1 radical (unpaired) electrons. The molecule has 1 aromatic rings. The first-order valence-corrected chi connectivity index (χ1v) is 15.5. The van der Waals surface area contributed by atoms with E-state index in [2.05, 4.69) is 17.4 Å². The van der Waals surface area contributed by atoms with Gasteiger partial charge in [-0.25, -0.2) is 0 Å². The molecule has 0 spiro atoms. The molecule has 1 unspecified atom stereocenters. The van der Waals surface area contributed by atoms with Crippen molar-refractivity contribution in [3.63, 3.8) is 0 Å². The summed E-state index contributed by atoms with van der Waals surface area (Å²) in [4.78, 5) is 11.7. The number of rotatable bonds is 17. The van der Waals surface area contributed by atoms with Gasteiger partial charge in [-0.15, -0.1) is 0 Å². The number of ether oxygens (including phenoxy) is 2. The third-order valence-corrected chi connectivity index (χ3v) is 8.66. The molecular formula is C32H52NO8. The van der Waals surface area contributed by atoms with Gasteiger partial charge < -0.3 is 40.3 Å². The van der Waals surface area contributed by atoms with Crippen molar-refractivity contribution in [3.8, 4) is 0 Å². The second kappa shape index (κ2) is 16.9. The fourth-order valence-electron chi connectivity index (χ4n) is 6.45. The molecule has 1 saturated heterocycles. The minimum absolute atomic E-state index is 0.0140. The first-order valence-electron chi connectivity index (χ1n) is 15.5. The number of unbranched alkanes of at least 4 members (excludes halogenated alkanes) is 3. The van der Waals surface area contributed by atoms with Crippen molar-refractivity contribution in [2.45, 2.75) is 127 Å². The highest BCUT2D eigenvalue weighted by atomic mass is 16.7. The van der Waals surface area contributed by atoms with Crippen molar-refractivity contribution >= 4 is 5.91 Å². The maximum atomic E-state index is 11.7. The van der Waals surface area contributed by atoms with E-state index in [0.29, 0.717) is 38.6 Å². The molecule has 1 aromatic carbocycles.